The number of halogens is 4. The molecule has 9 heteroatoms. The van der Waals surface area contributed by atoms with Gasteiger partial charge in [-0.3, -0.25) is 9.69 Å². The molecule has 0 spiro atoms. The fourth-order valence-corrected chi connectivity index (χ4v) is 3.51. The molecule has 142 valence electrons. The summed E-state index contributed by atoms with van der Waals surface area (Å²) in [5.74, 6) is -4.60. The summed E-state index contributed by atoms with van der Waals surface area (Å²) in [7, 11) is 3.53. The molecule has 2 aromatic carbocycles. The van der Waals surface area contributed by atoms with Crippen molar-refractivity contribution in [3.8, 4) is 0 Å². The normalized spacial score (nSPS) is 11.4. The van der Waals surface area contributed by atoms with Crippen molar-refractivity contribution in [2.24, 2.45) is 0 Å². The zero-order chi connectivity index (χ0) is 19.7. The van der Waals surface area contributed by atoms with Gasteiger partial charge >= 0.3 is 0 Å². The first-order chi connectivity index (χ1) is 12.8. The van der Waals surface area contributed by atoms with Crippen LogP contribution in [0.2, 0.25) is 0 Å². The van der Waals surface area contributed by atoms with E-state index in [2.05, 4.69) is 4.98 Å². The third kappa shape index (κ3) is 3.93. The third-order valence-electron chi connectivity index (χ3n) is 3.83. The van der Waals surface area contributed by atoms with Crippen LogP contribution in [0.15, 0.2) is 30.3 Å². The Hall–Kier alpha value is -2.52. The molecular weight excluding hydrogens is 382 g/mol. The Balaban J connectivity index is 2.08. The molecule has 0 unspecified atom stereocenters. The molecule has 1 amide bonds. The zero-order valence-electron chi connectivity index (χ0n) is 14.5. The van der Waals surface area contributed by atoms with Crippen molar-refractivity contribution in [2.45, 2.75) is 0 Å². The number of rotatable bonds is 5. The van der Waals surface area contributed by atoms with Crippen molar-refractivity contribution in [1.82, 2.24) is 9.88 Å². The standard InChI is InChI=1S/C18H15F4N3OS/c1-24(2)6-7-25(17(26)15-11(20)4-3-5-12(15)21)18-23-16-13(22)8-10(19)9-14(16)27-18/h3-5,8-9H,6-7H2,1-2H3. The summed E-state index contributed by atoms with van der Waals surface area (Å²) in [5, 5.41) is 0.0315. The van der Waals surface area contributed by atoms with E-state index in [9.17, 15) is 22.4 Å². The first-order valence-corrected chi connectivity index (χ1v) is 8.75. The molecule has 0 aliphatic heterocycles. The Morgan fingerprint density at radius 3 is 2.33 bits per heavy atom. The van der Waals surface area contributed by atoms with Crippen LogP contribution in [0.5, 0.6) is 0 Å². The molecule has 0 fully saturated rings. The lowest BCUT2D eigenvalue weighted by molar-refractivity contribution is 0.0977. The van der Waals surface area contributed by atoms with Gasteiger partial charge in [-0.1, -0.05) is 17.4 Å². The van der Waals surface area contributed by atoms with Crippen LogP contribution >= 0.6 is 11.3 Å². The monoisotopic (exact) mass is 397 g/mol. The van der Waals surface area contributed by atoms with Gasteiger partial charge in [0.25, 0.3) is 5.91 Å². The molecule has 0 saturated carbocycles. The highest BCUT2D eigenvalue weighted by atomic mass is 32.1. The van der Waals surface area contributed by atoms with Crippen LogP contribution in [0.25, 0.3) is 10.2 Å². The summed E-state index contributed by atoms with van der Waals surface area (Å²) in [5.41, 5.74) is -0.824. The molecule has 1 aromatic heterocycles. The predicted octanol–water partition coefficient (Wildman–Crippen LogP) is 4.06. The maximum Gasteiger partial charge on any atom is 0.266 e. The molecule has 1 heterocycles. The van der Waals surface area contributed by atoms with Gasteiger partial charge in [0, 0.05) is 19.2 Å². The molecule has 0 N–H and O–H groups in total. The Labute approximate surface area is 156 Å². The number of aromatic nitrogens is 1. The minimum absolute atomic E-state index is 0.0315. The second-order valence-electron chi connectivity index (χ2n) is 6.09. The minimum Gasteiger partial charge on any atom is -0.308 e. The van der Waals surface area contributed by atoms with Gasteiger partial charge in [0.15, 0.2) is 10.9 Å². The summed E-state index contributed by atoms with van der Waals surface area (Å²) in [4.78, 5) is 19.8. The van der Waals surface area contributed by atoms with Gasteiger partial charge in [0.2, 0.25) is 0 Å². The third-order valence-corrected chi connectivity index (χ3v) is 4.85. The largest absolute Gasteiger partial charge is 0.308 e. The lowest BCUT2D eigenvalue weighted by Gasteiger charge is -2.22. The number of thiazole rings is 1. The van der Waals surface area contributed by atoms with Crippen LogP contribution in [0.1, 0.15) is 10.4 Å². The number of benzene rings is 2. The highest BCUT2D eigenvalue weighted by Crippen LogP contribution is 2.32. The van der Waals surface area contributed by atoms with Crippen LogP contribution in [-0.2, 0) is 0 Å². The number of anilines is 1. The molecule has 4 nitrogen and oxygen atoms in total. The van der Waals surface area contributed by atoms with Crippen molar-refractivity contribution in [1.29, 1.82) is 0 Å². The van der Waals surface area contributed by atoms with E-state index in [1.54, 1.807) is 19.0 Å². The Kier molecular flexibility index (Phi) is 5.43. The fourth-order valence-electron chi connectivity index (χ4n) is 2.48. The quantitative estimate of drug-likeness (QED) is 0.610. The van der Waals surface area contributed by atoms with Gasteiger partial charge in [-0.25, -0.2) is 22.5 Å². The number of hydrogen-bond acceptors (Lipinski definition) is 4. The summed E-state index contributed by atoms with van der Waals surface area (Å²) in [6, 6.07) is 4.90. The number of carbonyl (C=O) groups excluding carboxylic acids is 1. The van der Waals surface area contributed by atoms with Gasteiger partial charge in [0.05, 0.1) is 4.70 Å². The zero-order valence-corrected chi connectivity index (χ0v) is 15.3. The van der Waals surface area contributed by atoms with E-state index >= 15 is 0 Å². The average Bonchev–Trinajstić information content (AvgIpc) is 2.98. The molecule has 3 rings (SSSR count). The van der Waals surface area contributed by atoms with E-state index in [0.717, 1.165) is 40.5 Å². The van der Waals surface area contributed by atoms with Gasteiger partial charge < -0.3 is 4.90 Å². The fraction of sp³-hybridized carbons (Fsp3) is 0.222. The molecule has 27 heavy (non-hydrogen) atoms. The van der Waals surface area contributed by atoms with Crippen LogP contribution in [0.4, 0.5) is 22.7 Å². The number of amides is 1. The van der Waals surface area contributed by atoms with Crippen molar-refractivity contribution in [3.63, 3.8) is 0 Å². The second kappa shape index (κ2) is 7.61. The Morgan fingerprint density at radius 1 is 1.04 bits per heavy atom. The van der Waals surface area contributed by atoms with Crippen LogP contribution in [0.3, 0.4) is 0 Å². The van der Waals surface area contributed by atoms with Crippen molar-refractivity contribution < 1.29 is 22.4 Å². The van der Waals surface area contributed by atoms with Crippen molar-refractivity contribution >= 4 is 32.6 Å². The molecule has 3 aromatic rings. The lowest BCUT2D eigenvalue weighted by Crippen LogP contribution is -2.37. The van der Waals surface area contributed by atoms with E-state index in [-0.39, 0.29) is 21.9 Å². The average molecular weight is 397 g/mol. The molecule has 0 saturated heterocycles. The highest BCUT2D eigenvalue weighted by molar-refractivity contribution is 7.22. The van der Waals surface area contributed by atoms with E-state index in [0.29, 0.717) is 12.6 Å². The van der Waals surface area contributed by atoms with Crippen molar-refractivity contribution in [2.75, 3.05) is 32.1 Å². The maximum atomic E-state index is 14.1. The van der Waals surface area contributed by atoms with Crippen LogP contribution < -0.4 is 4.90 Å². The van der Waals surface area contributed by atoms with Gasteiger partial charge in [-0.15, -0.1) is 0 Å². The number of fused-ring (bicyclic) bond motifs is 1. The number of hydrogen-bond donors (Lipinski definition) is 0. The Morgan fingerprint density at radius 2 is 1.70 bits per heavy atom. The van der Waals surface area contributed by atoms with E-state index in [1.807, 2.05) is 0 Å². The highest BCUT2D eigenvalue weighted by Gasteiger charge is 2.27. The van der Waals surface area contributed by atoms with Gasteiger partial charge in [-0.05, 0) is 32.3 Å². The number of nitrogens with zero attached hydrogens (tertiary/aromatic N) is 3. The number of carbonyl (C=O) groups is 1. The van der Waals surface area contributed by atoms with Crippen LogP contribution in [-0.4, -0.2) is 43.0 Å². The minimum atomic E-state index is -1.01. The van der Waals surface area contributed by atoms with E-state index < -0.39 is 34.7 Å². The SMILES string of the molecule is CN(C)CCN(C(=O)c1c(F)cccc1F)c1nc2c(F)cc(F)cc2s1. The maximum absolute atomic E-state index is 14.1. The molecule has 0 bridgehead atoms. The molecular formula is C18H15F4N3OS. The first-order valence-electron chi connectivity index (χ1n) is 7.94. The van der Waals surface area contributed by atoms with E-state index in [4.69, 9.17) is 0 Å². The van der Waals surface area contributed by atoms with Gasteiger partial charge in [0.1, 0.15) is 28.5 Å². The van der Waals surface area contributed by atoms with Crippen molar-refractivity contribution in [3.05, 3.63) is 59.2 Å². The lowest BCUT2D eigenvalue weighted by atomic mass is 10.1. The summed E-state index contributed by atoms with van der Waals surface area (Å²) in [6.45, 7) is 0.429. The van der Waals surface area contributed by atoms with E-state index in [1.165, 1.54) is 0 Å². The smallest absolute Gasteiger partial charge is 0.266 e. The first kappa shape index (κ1) is 19.2. The van der Waals surface area contributed by atoms with Gasteiger partial charge in [-0.2, -0.15) is 0 Å². The topological polar surface area (TPSA) is 36.4 Å². The summed E-state index contributed by atoms with van der Waals surface area (Å²) >= 11 is 0.871. The molecule has 0 atom stereocenters. The van der Waals surface area contributed by atoms with Crippen LogP contribution in [0, 0.1) is 23.3 Å². The second-order valence-corrected chi connectivity index (χ2v) is 7.10. The summed E-state index contributed by atoms with van der Waals surface area (Å²) in [6.07, 6.45) is 0. The summed E-state index contributed by atoms with van der Waals surface area (Å²) < 4.78 is 55.7. The molecule has 0 radical (unpaired) electrons. The number of likely N-dealkylation sites (N-methyl/N-ethyl adjacent to an activating group) is 1. The molecule has 0 aliphatic rings. The Bertz CT molecular complexity index is 985. The molecule has 0 aliphatic carbocycles. The predicted molar refractivity (Wildman–Crippen MR) is 96.1 cm³/mol.